The maximum atomic E-state index is 12.1. The average molecular weight is 263 g/mol. The largest absolute Gasteiger partial charge is 0.391 e. The van der Waals surface area contributed by atoms with Gasteiger partial charge in [-0.05, 0) is 31.0 Å². The number of carbonyl (C=O) groups excluding carboxylic acids is 1. The SMILES string of the molecule is Cc1c(NC(=O)N2CC[C@@H](O)C2)cccc1N(C)C. The Balaban J connectivity index is 2.11. The van der Waals surface area contributed by atoms with Crippen LogP contribution in [-0.2, 0) is 0 Å². The first-order valence-electron chi connectivity index (χ1n) is 6.50. The minimum absolute atomic E-state index is 0.143. The Labute approximate surface area is 113 Å². The molecule has 0 spiro atoms. The predicted molar refractivity (Wildman–Crippen MR) is 76.7 cm³/mol. The highest BCUT2D eigenvalue weighted by Gasteiger charge is 2.24. The lowest BCUT2D eigenvalue weighted by Gasteiger charge is -2.21. The predicted octanol–water partition coefficient (Wildman–Crippen LogP) is 1.66. The first-order chi connectivity index (χ1) is 8.99. The van der Waals surface area contributed by atoms with Crippen molar-refractivity contribution < 1.29 is 9.90 Å². The lowest BCUT2D eigenvalue weighted by molar-refractivity contribution is 0.176. The van der Waals surface area contributed by atoms with E-state index in [-0.39, 0.29) is 12.1 Å². The summed E-state index contributed by atoms with van der Waals surface area (Å²) < 4.78 is 0. The van der Waals surface area contributed by atoms with Gasteiger partial charge in [0.15, 0.2) is 0 Å². The molecule has 1 aliphatic rings. The van der Waals surface area contributed by atoms with Crippen LogP contribution in [0, 0.1) is 6.92 Å². The average Bonchev–Trinajstić information content (AvgIpc) is 2.78. The minimum atomic E-state index is -0.389. The van der Waals surface area contributed by atoms with Crippen molar-refractivity contribution >= 4 is 17.4 Å². The number of likely N-dealkylation sites (tertiary alicyclic amines) is 1. The second kappa shape index (κ2) is 5.48. The number of urea groups is 1. The van der Waals surface area contributed by atoms with Gasteiger partial charge in [-0.2, -0.15) is 0 Å². The smallest absolute Gasteiger partial charge is 0.321 e. The molecule has 5 nitrogen and oxygen atoms in total. The number of anilines is 2. The third-order valence-corrected chi connectivity index (χ3v) is 3.48. The monoisotopic (exact) mass is 263 g/mol. The molecular weight excluding hydrogens is 242 g/mol. The Morgan fingerprint density at radius 1 is 1.47 bits per heavy atom. The van der Waals surface area contributed by atoms with Crippen molar-refractivity contribution in [2.75, 3.05) is 37.4 Å². The fourth-order valence-corrected chi connectivity index (χ4v) is 2.36. The van der Waals surface area contributed by atoms with Gasteiger partial charge in [0.2, 0.25) is 0 Å². The van der Waals surface area contributed by atoms with E-state index in [1.807, 2.05) is 44.1 Å². The Bertz CT molecular complexity index is 474. The Hall–Kier alpha value is -1.75. The van der Waals surface area contributed by atoms with Gasteiger partial charge < -0.3 is 20.2 Å². The number of β-amino-alcohol motifs (C(OH)–C–C–N with tert-alkyl or cyclic N) is 1. The molecule has 1 atom stereocenters. The highest BCUT2D eigenvalue weighted by Crippen LogP contribution is 2.25. The second-order valence-corrected chi connectivity index (χ2v) is 5.16. The van der Waals surface area contributed by atoms with Crippen molar-refractivity contribution in [3.8, 4) is 0 Å². The van der Waals surface area contributed by atoms with E-state index in [9.17, 15) is 9.90 Å². The highest BCUT2D eigenvalue weighted by molar-refractivity contribution is 5.91. The van der Waals surface area contributed by atoms with Crippen LogP contribution in [0.5, 0.6) is 0 Å². The number of aliphatic hydroxyl groups excluding tert-OH is 1. The van der Waals surface area contributed by atoms with E-state index in [1.54, 1.807) is 4.90 Å². The summed E-state index contributed by atoms with van der Waals surface area (Å²) >= 11 is 0. The molecule has 5 heteroatoms. The molecule has 1 aliphatic heterocycles. The van der Waals surface area contributed by atoms with E-state index in [2.05, 4.69) is 5.32 Å². The number of hydrogen-bond donors (Lipinski definition) is 2. The van der Waals surface area contributed by atoms with Crippen LogP contribution in [0.1, 0.15) is 12.0 Å². The number of nitrogens with one attached hydrogen (secondary N) is 1. The zero-order valence-corrected chi connectivity index (χ0v) is 11.7. The molecule has 0 saturated carbocycles. The molecule has 1 aromatic rings. The van der Waals surface area contributed by atoms with Crippen LogP contribution in [-0.4, -0.2) is 49.3 Å². The number of benzene rings is 1. The summed E-state index contributed by atoms with van der Waals surface area (Å²) in [4.78, 5) is 15.7. The molecule has 1 saturated heterocycles. The molecule has 1 fully saturated rings. The maximum Gasteiger partial charge on any atom is 0.321 e. The van der Waals surface area contributed by atoms with Crippen LogP contribution in [0.4, 0.5) is 16.2 Å². The van der Waals surface area contributed by atoms with Gasteiger partial charge in [0.05, 0.1) is 6.10 Å². The Morgan fingerprint density at radius 2 is 2.21 bits per heavy atom. The van der Waals surface area contributed by atoms with Crippen molar-refractivity contribution in [3.05, 3.63) is 23.8 Å². The fourth-order valence-electron chi connectivity index (χ4n) is 2.36. The maximum absolute atomic E-state index is 12.1. The van der Waals surface area contributed by atoms with Gasteiger partial charge in [-0.3, -0.25) is 0 Å². The molecule has 2 rings (SSSR count). The number of aliphatic hydroxyl groups is 1. The second-order valence-electron chi connectivity index (χ2n) is 5.16. The van der Waals surface area contributed by atoms with Crippen molar-refractivity contribution in [1.82, 2.24) is 4.90 Å². The molecule has 1 aromatic carbocycles. The van der Waals surface area contributed by atoms with E-state index in [1.165, 1.54) is 0 Å². The topological polar surface area (TPSA) is 55.8 Å². The Kier molecular flexibility index (Phi) is 3.95. The quantitative estimate of drug-likeness (QED) is 0.853. The molecule has 19 heavy (non-hydrogen) atoms. The lowest BCUT2D eigenvalue weighted by Crippen LogP contribution is -2.33. The van der Waals surface area contributed by atoms with Gasteiger partial charge in [-0.1, -0.05) is 6.07 Å². The van der Waals surface area contributed by atoms with Gasteiger partial charge in [0, 0.05) is 38.6 Å². The molecule has 0 radical (unpaired) electrons. The minimum Gasteiger partial charge on any atom is -0.391 e. The first kappa shape index (κ1) is 13.7. The third-order valence-electron chi connectivity index (χ3n) is 3.48. The van der Waals surface area contributed by atoms with E-state index < -0.39 is 0 Å². The number of nitrogens with zero attached hydrogens (tertiary/aromatic N) is 2. The molecule has 0 unspecified atom stereocenters. The molecule has 0 aromatic heterocycles. The summed E-state index contributed by atoms with van der Waals surface area (Å²) in [5.74, 6) is 0. The van der Waals surface area contributed by atoms with Crippen LogP contribution in [0.25, 0.3) is 0 Å². The first-order valence-corrected chi connectivity index (χ1v) is 6.50. The normalized spacial score (nSPS) is 18.5. The van der Waals surface area contributed by atoms with E-state index in [0.717, 1.165) is 16.9 Å². The molecule has 1 heterocycles. The van der Waals surface area contributed by atoms with Crippen molar-refractivity contribution in [3.63, 3.8) is 0 Å². The van der Waals surface area contributed by atoms with Crippen LogP contribution < -0.4 is 10.2 Å². The number of hydrogen-bond acceptors (Lipinski definition) is 3. The van der Waals surface area contributed by atoms with Crippen LogP contribution >= 0.6 is 0 Å². The van der Waals surface area contributed by atoms with Crippen molar-refractivity contribution in [2.24, 2.45) is 0 Å². The third kappa shape index (κ3) is 2.98. The van der Waals surface area contributed by atoms with Crippen molar-refractivity contribution in [2.45, 2.75) is 19.4 Å². The summed E-state index contributed by atoms with van der Waals surface area (Å²) in [5, 5.41) is 12.4. The summed E-state index contributed by atoms with van der Waals surface area (Å²) in [6.45, 7) is 3.02. The van der Waals surface area contributed by atoms with Gasteiger partial charge in [0.25, 0.3) is 0 Å². The summed E-state index contributed by atoms with van der Waals surface area (Å²) in [5.41, 5.74) is 2.94. The zero-order chi connectivity index (χ0) is 14.0. The van der Waals surface area contributed by atoms with Gasteiger partial charge in [-0.15, -0.1) is 0 Å². The molecule has 2 amide bonds. The standard InChI is InChI=1S/C14H21N3O2/c1-10-12(5-4-6-13(10)16(2)3)15-14(19)17-8-7-11(18)9-17/h4-6,11,18H,7-9H2,1-3H3,(H,15,19)/t11-/m1/s1. The molecule has 104 valence electrons. The number of amides is 2. The fraction of sp³-hybridized carbons (Fsp3) is 0.500. The Morgan fingerprint density at radius 3 is 2.79 bits per heavy atom. The van der Waals surface area contributed by atoms with Crippen LogP contribution in [0.15, 0.2) is 18.2 Å². The molecular formula is C14H21N3O2. The zero-order valence-electron chi connectivity index (χ0n) is 11.7. The highest BCUT2D eigenvalue weighted by atomic mass is 16.3. The number of rotatable bonds is 2. The summed E-state index contributed by atoms with van der Waals surface area (Å²) in [7, 11) is 3.95. The summed E-state index contributed by atoms with van der Waals surface area (Å²) in [6, 6.07) is 5.70. The van der Waals surface area contributed by atoms with Gasteiger partial charge in [0.1, 0.15) is 0 Å². The van der Waals surface area contributed by atoms with Crippen LogP contribution in [0.3, 0.4) is 0 Å². The number of carbonyl (C=O) groups is 1. The van der Waals surface area contributed by atoms with E-state index >= 15 is 0 Å². The van der Waals surface area contributed by atoms with Gasteiger partial charge >= 0.3 is 6.03 Å². The molecule has 0 bridgehead atoms. The summed E-state index contributed by atoms with van der Waals surface area (Å²) in [6.07, 6.45) is 0.268. The lowest BCUT2D eigenvalue weighted by atomic mass is 10.1. The van der Waals surface area contributed by atoms with Crippen molar-refractivity contribution in [1.29, 1.82) is 0 Å². The van der Waals surface area contributed by atoms with E-state index in [0.29, 0.717) is 19.5 Å². The van der Waals surface area contributed by atoms with Gasteiger partial charge in [-0.25, -0.2) is 4.79 Å². The molecule has 0 aliphatic carbocycles. The molecule has 2 N–H and O–H groups in total. The van der Waals surface area contributed by atoms with E-state index in [4.69, 9.17) is 0 Å². The van der Waals surface area contributed by atoms with Crippen LogP contribution in [0.2, 0.25) is 0 Å².